The number of amides is 1. The summed E-state index contributed by atoms with van der Waals surface area (Å²) in [5.74, 6) is 0.802. The molecule has 3 fully saturated rings. The Morgan fingerprint density at radius 2 is 1.89 bits per heavy atom. The summed E-state index contributed by atoms with van der Waals surface area (Å²) >= 11 is 0. The number of hydrogen-bond donors (Lipinski definition) is 3. The molecule has 1 spiro atoms. The van der Waals surface area contributed by atoms with E-state index in [-0.39, 0.29) is 34.9 Å². The largest absolute Gasteiger partial charge is 0.389 e. The number of carbonyl (C=O) groups is 1. The van der Waals surface area contributed by atoms with E-state index in [4.69, 9.17) is 5.10 Å². The Balaban J connectivity index is 1.000. The zero-order chi connectivity index (χ0) is 26.2. The second kappa shape index (κ2) is 8.37. The Labute approximate surface area is 221 Å². The molecular weight excluding hydrogens is 478 g/mol. The molecule has 4 aliphatic carbocycles. The van der Waals surface area contributed by atoms with Gasteiger partial charge in [0.1, 0.15) is 5.71 Å². The Morgan fingerprint density at radius 3 is 2.61 bits per heavy atom. The van der Waals surface area contributed by atoms with Crippen molar-refractivity contribution in [2.24, 2.45) is 22.4 Å². The van der Waals surface area contributed by atoms with Crippen LogP contribution in [0.25, 0.3) is 10.8 Å². The molecule has 1 aromatic heterocycles. The van der Waals surface area contributed by atoms with E-state index in [1.54, 1.807) is 13.8 Å². The van der Waals surface area contributed by atoms with Gasteiger partial charge in [0.15, 0.2) is 0 Å². The minimum absolute atomic E-state index is 0.0115. The van der Waals surface area contributed by atoms with Crippen LogP contribution in [0.15, 0.2) is 58.0 Å². The van der Waals surface area contributed by atoms with Crippen LogP contribution < -0.4 is 10.9 Å². The smallest absolute Gasteiger partial charge is 0.272 e. The summed E-state index contributed by atoms with van der Waals surface area (Å²) in [6, 6.07) is 7.82. The predicted octanol–water partition coefficient (Wildman–Crippen LogP) is 3.40. The number of carbonyl (C=O) groups excluding carboxylic acids is 1. The molecule has 2 atom stereocenters. The molecule has 8 nitrogen and oxygen atoms in total. The van der Waals surface area contributed by atoms with Gasteiger partial charge in [0.25, 0.3) is 11.5 Å². The highest BCUT2D eigenvalue weighted by atomic mass is 16.3. The fourth-order valence-electron chi connectivity index (χ4n) is 7.21. The van der Waals surface area contributed by atoms with Gasteiger partial charge in [0, 0.05) is 17.3 Å². The lowest BCUT2D eigenvalue weighted by Gasteiger charge is -2.57. The van der Waals surface area contributed by atoms with Crippen LogP contribution in [0.1, 0.15) is 64.0 Å². The van der Waals surface area contributed by atoms with Gasteiger partial charge in [-0.2, -0.15) is 10.2 Å². The van der Waals surface area contributed by atoms with Crippen LogP contribution in [-0.4, -0.2) is 56.2 Å². The van der Waals surface area contributed by atoms with Gasteiger partial charge in [-0.05, 0) is 75.3 Å². The van der Waals surface area contributed by atoms with E-state index in [0.717, 1.165) is 36.8 Å². The average molecular weight is 514 g/mol. The molecule has 2 unspecified atom stereocenters. The summed E-state index contributed by atoms with van der Waals surface area (Å²) in [4.78, 5) is 25.5. The minimum Gasteiger partial charge on any atom is -0.389 e. The van der Waals surface area contributed by atoms with Crippen molar-refractivity contribution in [2.45, 2.75) is 76.0 Å². The van der Waals surface area contributed by atoms with Crippen molar-refractivity contribution in [3.8, 4) is 0 Å². The lowest BCUT2D eigenvalue weighted by atomic mass is 9.49. The number of hydrazone groups is 1. The standard InChI is InChI=1S/C30H35N5O3/c1-29(2,38)16-35-24-11-18(17-7-8-17)9-10-23(24)26(34-35)28(37)31-20-14-30(15-20)12-19(13-30)25-21-5-3-4-6-22(21)27(36)33-32-25/h3-6,9-11,17,19-20,23-24,38H,7-8,12-16H2,1-2H3,(H,31,37)(H,33,36)/t19-,20-,23?,24?,30?. The number of rotatable bonds is 6. The Bertz CT molecular complexity index is 1450. The first-order valence-electron chi connectivity index (χ1n) is 13.9. The fraction of sp³-hybridized carbons (Fsp3) is 0.533. The van der Waals surface area contributed by atoms with E-state index in [2.05, 4.69) is 33.7 Å². The van der Waals surface area contributed by atoms with E-state index in [1.165, 1.54) is 18.4 Å². The summed E-state index contributed by atoms with van der Waals surface area (Å²) in [5, 5.41) is 29.1. The van der Waals surface area contributed by atoms with Crippen LogP contribution >= 0.6 is 0 Å². The van der Waals surface area contributed by atoms with Gasteiger partial charge in [-0.15, -0.1) is 0 Å². The Kier molecular flexibility index (Phi) is 5.25. The van der Waals surface area contributed by atoms with Crippen LogP contribution in [0.5, 0.6) is 0 Å². The number of β-amino-alcohol motifs (C(OH)–C–C–N with tert-alkyl or cyclic N) is 1. The number of allylic oxidation sites excluding steroid dienone is 2. The van der Waals surface area contributed by atoms with Crippen LogP contribution in [0.2, 0.25) is 0 Å². The number of H-pyrrole nitrogens is 1. The topological polar surface area (TPSA) is 111 Å². The maximum atomic E-state index is 13.4. The minimum atomic E-state index is -0.901. The lowest BCUT2D eigenvalue weighted by Crippen LogP contribution is -2.57. The van der Waals surface area contributed by atoms with Crippen molar-refractivity contribution >= 4 is 22.4 Å². The van der Waals surface area contributed by atoms with Gasteiger partial charge >= 0.3 is 0 Å². The average Bonchev–Trinajstić information content (AvgIpc) is 3.62. The van der Waals surface area contributed by atoms with Gasteiger partial charge in [0.2, 0.25) is 0 Å². The van der Waals surface area contributed by atoms with Crippen molar-refractivity contribution in [1.82, 2.24) is 20.5 Å². The number of benzene rings is 1. The molecule has 2 aromatic rings. The number of nitrogens with one attached hydrogen (secondary N) is 2. The molecule has 1 amide bonds. The highest BCUT2D eigenvalue weighted by Crippen LogP contribution is 2.62. The van der Waals surface area contributed by atoms with E-state index in [9.17, 15) is 14.7 Å². The summed E-state index contributed by atoms with van der Waals surface area (Å²) in [7, 11) is 0. The van der Waals surface area contributed by atoms with Gasteiger partial charge < -0.3 is 10.4 Å². The van der Waals surface area contributed by atoms with Crippen molar-refractivity contribution < 1.29 is 9.90 Å². The van der Waals surface area contributed by atoms with Crippen molar-refractivity contribution in [1.29, 1.82) is 0 Å². The molecule has 0 bridgehead atoms. The molecule has 1 aliphatic heterocycles. The van der Waals surface area contributed by atoms with Gasteiger partial charge in [-0.3, -0.25) is 14.6 Å². The third-order valence-electron chi connectivity index (χ3n) is 9.12. The molecule has 0 saturated heterocycles. The summed E-state index contributed by atoms with van der Waals surface area (Å²) in [6.07, 6.45) is 13.0. The summed E-state index contributed by atoms with van der Waals surface area (Å²) in [5.41, 5.74) is 2.09. The van der Waals surface area contributed by atoms with E-state index in [0.29, 0.717) is 29.5 Å². The third-order valence-corrected chi connectivity index (χ3v) is 9.12. The number of aliphatic hydroxyl groups is 1. The third kappa shape index (κ3) is 4.10. The van der Waals surface area contributed by atoms with Gasteiger partial charge in [-0.25, -0.2) is 5.10 Å². The monoisotopic (exact) mass is 513 g/mol. The van der Waals surface area contributed by atoms with Crippen LogP contribution in [-0.2, 0) is 4.79 Å². The predicted molar refractivity (Wildman–Crippen MR) is 146 cm³/mol. The van der Waals surface area contributed by atoms with E-state index < -0.39 is 5.60 Å². The van der Waals surface area contributed by atoms with Crippen LogP contribution in [0, 0.1) is 17.3 Å². The zero-order valence-electron chi connectivity index (χ0n) is 22.0. The maximum Gasteiger partial charge on any atom is 0.272 e. The molecule has 7 rings (SSSR count). The number of aromatic amines is 1. The van der Waals surface area contributed by atoms with Gasteiger partial charge in [-0.1, -0.05) is 36.4 Å². The van der Waals surface area contributed by atoms with Crippen LogP contribution in [0.4, 0.5) is 0 Å². The SMILES string of the molecule is CC(C)(O)CN1N=C(C(=O)N[C@H]2CC3(C2)C[C@H](c2n[nH]c(=O)c4ccccc42)C3)C2C=CC(C3CC3)=CC21. The van der Waals surface area contributed by atoms with Gasteiger partial charge in [0.05, 0.1) is 35.2 Å². The summed E-state index contributed by atoms with van der Waals surface area (Å²) in [6.45, 7) is 3.95. The van der Waals surface area contributed by atoms with Crippen molar-refractivity contribution in [3.05, 3.63) is 64.1 Å². The second-order valence-corrected chi connectivity index (χ2v) is 12.9. The molecule has 2 heterocycles. The number of hydrogen-bond acceptors (Lipinski definition) is 6. The molecular formula is C30H35N5O3. The first kappa shape index (κ1) is 23.8. The molecule has 8 heteroatoms. The molecule has 1 aromatic carbocycles. The summed E-state index contributed by atoms with van der Waals surface area (Å²) < 4.78 is 0. The van der Waals surface area contributed by atoms with Crippen molar-refractivity contribution in [2.75, 3.05) is 6.54 Å². The number of nitrogens with zero attached hydrogens (tertiary/aromatic N) is 3. The zero-order valence-corrected chi connectivity index (χ0v) is 22.0. The number of aromatic nitrogens is 2. The second-order valence-electron chi connectivity index (χ2n) is 12.9. The lowest BCUT2D eigenvalue weighted by molar-refractivity contribution is -0.118. The molecule has 38 heavy (non-hydrogen) atoms. The number of fused-ring (bicyclic) bond motifs is 2. The maximum absolute atomic E-state index is 13.4. The molecule has 3 N–H and O–H groups in total. The van der Waals surface area contributed by atoms with Crippen molar-refractivity contribution in [3.63, 3.8) is 0 Å². The first-order chi connectivity index (χ1) is 18.2. The highest BCUT2D eigenvalue weighted by molar-refractivity contribution is 6.40. The fourth-order valence-corrected chi connectivity index (χ4v) is 7.21. The quantitative estimate of drug-likeness (QED) is 0.548. The molecule has 198 valence electrons. The highest BCUT2D eigenvalue weighted by Gasteiger charge is 2.54. The molecule has 3 saturated carbocycles. The van der Waals surface area contributed by atoms with E-state index in [1.807, 2.05) is 29.3 Å². The molecule has 5 aliphatic rings. The first-order valence-corrected chi connectivity index (χ1v) is 13.9. The van der Waals surface area contributed by atoms with E-state index >= 15 is 0 Å². The van der Waals surface area contributed by atoms with Crippen LogP contribution in [0.3, 0.4) is 0 Å². The Morgan fingerprint density at radius 1 is 1.16 bits per heavy atom. The Hall–Kier alpha value is -3.26. The molecule has 0 radical (unpaired) electrons. The normalized spacial score (nSPS) is 31.9.